The molecule has 5 heteroatoms. The van der Waals surface area contributed by atoms with Gasteiger partial charge >= 0.3 is 5.97 Å². The number of rotatable bonds is 3. The van der Waals surface area contributed by atoms with E-state index >= 15 is 0 Å². The third kappa shape index (κ3) is 3.05. The summed E-state index contributed by atoms with van der Waals surface area (Å²) in [5.41, 5.74) is 0.817. The van der Waals surface area contributed by atoms with Crippen LogP contribution in [0.25, 0.3) is 10.8 Å². The summed E-state index contributed by atoms with van der Waals surface area (Å²) in [6, 6.07) is 17.1. The van der Waals surface area contributed by atoms with Gasteiger partial charge in [0.25, 0.3) is 5.91 Å². The fourth-order valence-corrected chi connectivity index (χ4v) is 2.45. The van der Waals surface area contributed by atoms with Crippen LogP contribution in [0.4, 0.5) is 5.69 Å². The van der Waals surface area contributed by atoms with Gasteiger partial charge < -0.3 is 15.2 Å². The number of ether oxygens (including phenoxy) is 1. The largest absolute Gasteiger partial charge is 0.508 e. The van der Waals surface area contributed by atoms with Crippen LogP contribution in [0.2, 0.25) is 0 Å². The zero-order chi connectivity index (χ0) is 17.1. The van der Waals surface area contributed by atoms with Gasteiger partial charge in [0.05, 0.1) is 18.4 Å². The van der Waals surface area contributed by atoms with Crippen molar-refractivity contribution in [2.24, 2.45) is 0 Å². The number of hydrogen-bond acceptors (Lipinski definition) is 4. The first-order valence-corrected chi connectivity index (χ1v) is 7.30. The molecule has 3 rings (SSSR count). The minimum Gasteiger partial charge on any atom is -0.508 e. The van der Waals surface area contributed by atoms with E-state index in [0.29, 0.717) is 5.56 Å². The van der Waals surface area contributed by atoms with Crippen LogP contribution >= 0.6 is 0 Å². The van der Waals surface area contributed by atoms with Crippen molar-refractivity contribution in [2.45, 2.75) is 0 Å². The van der Waals surface area contributed by atoms with Crippen molar-refractivity contribution in [2.75, 3.05) is 12.4 Å². The first-order chi connectivity index (χ1) is 11.6. The van der Waals surface area contributed by atoms with Gasteiger partial charge in [0.15, 0.2) is 0 Å². The summed E-state index contributed by atoms with van der Waals surface area (Å²) in [5.74, 6) is -1.03. The van der Waals surface area contributed by atoms with Crippen molar-refractivity contribution in [1.82, 2.24) is 0 Å². The van der Waals surface area contributed by atoms with Crippen LogP contribution in [0, 0.1) is 0 Å². The van der Waals surface area contributed by atoms with E-state index in [1.54, 1.807) is 12.1 Å². The Labute approximate surface area is 138 Å². The lowest BCUT2D eigenvalue weighted by Gasteiger charge is -2.11. The summed E-state index contributed by atoms with van der Waals surface area (Å²) in [7, 11) is 1.25. The maximum atomic E-state index is 12.5. The number of phenolic OH excluding ortho intramolecular Hbond substituents is 1. The second-order valence-electron chi connectivity index (χ2n) is 5.24. The SMILES string of the molecule is COC(=O)c1ccc(O)cc1NC(=O)c1ccc2ccccc2c1. The zero-order valence-corrected chi connectivity index (χ0v) is 12.9. The van der Waals surface area contributed by atoms with Crippen LogP contribution in [0.1, 0.15) is 20.7 Å². The van der Waals surface area contributed by atoms with Gasteiger partial charge in [-0.2, -0.15) is 0 Å². The number of amides is 1. The van der Waals surface area contributed by atoms with E-state index in [9.17, 15) is 14.7 Å². The monoisotopic (exact) mass is 321 g/mol. The first-order valence-electron chi connectivity index (χ1n) is 7.30. The fraction of sp³-hybridized carbons (Fsp3) is 0.0526. The van der Waals surface area contributed by atoms with E-state index in [1.807, 2.05) is 30.3 Å². The lowest BCUT2D eigenvalue weighted by atomic mass is 10.1. The van der Waals surface area contributed by atoms with E-state index in [2.05, 4.69) is 10.1 Å². The Hall–Kier alpha value is -3.34. The average Bonchev–Trinajstić information content (AvgIpc) is 2.60. The van der Waals surface area contributed by atoms with Crippen LogP contribution in [0.3, 0.4) is 0 Å². The number of nitrogens with one attached hydrogen (secondary N) is 1. The molecule has 0 aliphatic rings. The maximum absolute atomic E-state index is 12.5. The number of carbonyl (C=O) groups excluding carboxylic acids is 2. The molecule has 0 aromatic heterocycles. The molecule has 0 atom stereocenters. The zero-order valence-electron chi connectivity index (χ0n) is 12.9. The number of phenols is 1. The molecule has 24 heavy (non-hydrogen) atoms. The molecule has 0 heterocycles. The molecule has 3 aromatic carbocycles. The third-order valence-corrected chi connectivity index (χ3v) is 3.67. The standard InChI is InChI=1S/C19H15NO4/c1-24-19(23)16-9-8-15(21)11-17(16)20-18(22)14-7-6-12-4-2-3-5-13(12)10-14/h2-11,21H,1H3,(H,20,22). The topological polar surface area (TPSA) is 75.6 Å². The second kappa shape index (κ2) is 6.42. The first kappa shape index (κ1) is 15.6. The summed E-state index contributed by atoms with van der Waals surface area (Å²) in [6.45, 7) is 0. The molecule has 0 aliphatic heterocycles. The highest BCUT2D eigenvalue weighted by atomic mass is 16.5. The average molecular weight is 321 g/mol. The van der Waals surface area contributed by atoms with Crippen molar-refractivity contribution >= 4 is 28.3 Å². The quantitative estimate of drug-likeness (QED) is 0.723. The molecule has 0 saturated carbocycles. The van der Waals surface area contributed by atoms with Gasteiger partial charge in [0.2, 0.25) is 0 Å². The van der Waals surface area contributed by atoms with E-state index in [0.717, 1.165) is 10.8 Å². The van der Waals surface area contributed by atoms with Crippen LogP contribution < -0.4 is 5.32 Å². The van der Waals surface area contributed by atoms with Gasteiger partial charge in [-0.05, 0) is 35.0 Å². The van der Waals surface area contributed by atoms with E-state index < -0.39 is 5.97 Å². The summed E-state index contributed by atoms with van der Waals surface area (Å²) in [6.07, 6.45) is 0. The Morgan fingerprint density at radius 3 is 2.46 bits per heavy atom. The van der Waals surface area contributed by atoms with E-state index in [-0.39, 0.29) is 22.9 Å². The second-order valence-corrected chi connectivity index (χ2v) is 5.24. The summed E-state index contributed by atoms with van der Waals surface area (Å²) >= 11 is 0. The molecule has 2 N–H and O–H groups in total. The smallest absolute Gasteiger partial charge is 0.339 e. The van der Waals surface area contributed by atoms with Crippen LogP contribution in [-0.4, -0.2) is 24.1 Å². The summed E-state index contributed by atoms with van der Waals surface area (Å²) < 4.78 is 4.69. The minimum atomic E-state index is -0.594. The molecule has 0 radical (unpaired) electrons. The molecule has 5 nitrogen and oxygen atoms in total. The summed E-state index contributed by atoms with van der Waals surface area (Å²) in [5, 5.41) is 14.2. The van der Waals surface area contributed by atoms with E-state index in [1.165, 1.54) is 25.3 Å². The Bertz CT molecular complexity index is 934. The minimum absolute atomic E-state index is 0.0588. The van der Waals surface area contributed by atoms with Gasteiger partial charge in [0.1, 0.15) is 5.75 Å². The molecule has 1 amide bonds. The predicted octanol–water partition coefficient (Wildman–Crippen LogP) is 3.58. The Balaban J connectivity index is 1.93. The molecule has 3 aromatic rings. The molecule has 120 valence electrons. The Kier molecular flexibility index (Phi) is 4.16. The van der Waals surface area contributed by atoms with Crippen LogP contribution in [0.15, 0.2) is 60.7 Å². The lowest BCUT2D eigenvalue weighted by Crippen LogP contribution is -2.15. The normalized spacial score (nSPS) is 10.4. The van der Waals surface area contributed by atoms with Gasteiger partial charge in [-0.15, -0.1) is 0 Å². The predicted molar refractivity (Wildman–Crippen MR) is 91.3 cm³/mol. The lowest BCUT2D eigenvalue weighted by molar-refractivity contribution is 0.0602. The number of anilines is 1. The van der Waals surface area contributed by atoms with Gasteiger partial charge in [0, 0.05) is 11.6 Å². The molecular formula is C19H15NO4. The number of hydrogen-bond donors (Lipinski definition) is 2. The van der Waals surface area contributed by atoms with Crippen molar-refractivity contribution in [3.8, 4) is 5.75 Å². The number of fused-ring (bicyclic) bond motifs is 1. The number of methoxy groups -OCH3 is 1. The van der Waals surface area contributed by atoms with Gasteiger partial charge in [-0.1, -0.05) is 30.3 Å². The highest BCUT2D eigenvalue weighted by Crippen LogP contribution is 2.24. The van der Waals surface area contributed by atoms with E-state index in [4.69, 9.17) is 0 Å². The third-order valence-electron chi connectivity index (χ3n) is 3.67. The number of aromatic hydroxyl groups is 1. The Morgan fingerprint density at radius 1 is 0.958 bits per heavy atom. The van der Waals surface area contributed by atoms with Crippen LogP contribution in [0.5, 0.6) is 5.75 Å². The van der Waals surface area contributed by atoms with Crippen LogP contribution in [-0.2, 0) is 4.74 Å². The fourth-order valence-electron chi connectivity index (χ4n) is 2.45. The Morgan fingerprint density at radius 2 is 1.71 bits per heavy atom. The molecule has 0 saturated heterocycles. The van der Waals surface area contributed by atoms with Crippen molar-refractivity contribution in [3.63, 3.8) is 0 Å². The molecule has 0 bridgehead atoms. The van der Waals surface area contributed by atoms with Gasteiger partial charge in [-0.25, -0.2) is 4.79 Å². The molecule has 0 aliphatic carbocycles. The van der Waals surface area contributed by atoms with Crippen molar-refractivity contribution in [3.05, 3.63) is 71.8 Å². The molecule has 0 fully saturated rings. The number of esters is 1. The highest BCUT2D eigenvalue weighted by Gasteiger charge is 2.15. The van der Waals surface area contributed by atoms with Gasteiger partial charge in [-0.3, -0.25) is 4.79 Å². The summed E-state index contributed by atoms with van der Waals surface area (Å²) in [4.78, 5) is 24.3. The molecular weight excluding hydrogens is 306 g/mol. The number of benzene rings is 3. The molecule has 0 spiro atoms. The number of carbonyl (C=O) groups is 2. The highest BCUT2D eigenvalue weighted by molar-refractivity contribution is 6.09. The van der Waals surface area contributed by atoms with Crippen molar-refractivity contribution in [1.29, 1.82) is 0 Å². The molecule has 0 unspecified atom stereocenters. The van der Waals surface area contributed by atoms with Crippen molar-refractivity contribution < 1.29 is 19.4 Å². The maximum Gasteiger partial charge on any atom is 0.339 e.